The first-order chi connectivity index (χ1) is 7.67. The molecule has 0 aliphatic carbocycles. The number of aromatic nitrogens is 1. The summed E-state index contributed by atoms with van der Waals surface area (Å²) >= 11 is 7.45. The van der Waals surface area contributed by atoms with Crippen molar-refractivity contribution in [3.05, 3.63) is 16.1 Å². The summed E-state index contributed by atoms with van der Waals surface area (Å²) in [5.41, 5.74) is 1.01. The molecule has 0 aromatic carbocycles. The number of thiazole rings is 1. The summed E-state index contributed by atoms with van der Waals surface area (Å²) < 4.78 is 0. The number of nitrogens with zero attached hydrogens (tertiary/aromatic N) is 2. The largest absolute Gasteiger partial charge is 0.304 e. The van der Waals surface area contributed by atoms with E-state index in [2.05, 4.69) is 36.2 Å². The predicted octanol–water partition coefficient (Wildman–Crippen LogP) is 3.54. The highest BCUT2D eigenvalue weighted by Crippen LogP contribution is 2.13. The molecule has 0 fully saturated rings. The fourth-order valence-electron chi connectivity index (χ4n) is 1.54. The van der Waals surface area contributed by atoms with E-state index in [1.165, 1.54) is 17.8 Å². The van der Waals surface area contributed by atoms with Gasteiger partial charge in [-0.1, -0.05) is 6.92 Å². The van der Waals surface area contributed by atoms with E-state index < -0.39 is 0 Å². The summed E-state index contributed by atoms with van der Waals surface area (Å²) in [5.74, 6) is 0.531. The van der Waals surface area contributed by atoms with Gasteiger partial charge in [0, 0.05) is 17.8 Å². The van der Waals surface area contributed by atoms with Gasteiger partial charge in [-0.05, 0) is 33.4 Å². The molecule has 0 saturated heterocycles. The van der Waals surface area contributed by atoms with Crippen LogP contribution in [0.5, 0.6) is 0 Å². The SMILES string of the molecule is CCC(C)N(C)CCCc1nc(CCl)cs1. The number of hydrogen-bond acceptors (Lipinski definition) is 3. The Kier molecular flexibility index (Phi) is 6.32. The molecule has 0 aliphatic heterocycles. The summed E-state index contributed by atoms with van der Waals surface area (Å²) in [6.07, 6.45) is 3.46. The zero-order valence-electron chi connectivity index (χ0n) is 10.4. The normalized spacial score (nSPS) is 13.3. The van der Waals surface area contributed by atoms with Crippen LogP contribution in [0, 0.1) is 0 Å². The average molecular weight is 261 g/mol. The van der Waals surface area contributed by atoms with Crippen molar-refractivity contribution in [2.45, 2.75) is 45.0 Å². The van der Waals surface area contributed by atoms with Crippen LogP contribution in [0.25, 0.3) is 0 Å². The first-order valence-electron chi connectivity index (χ1n) is 5.86. The van der Waals surface area contributed by atoms with Crippen molar-refractivity contribution in [1.29, 1.82) is 0 Å². The van der Waals surface area contributed by atoms with Crippen LogP contribution >= 0.6 is 22.9 Å². The van der Waals surface area contributed by atoms with Crippen LogP contribution in [0.3, 0.4) is 0 Å². The third-order valence-electron chi connectivity index (χ3n) is 2.98. The molecule has 92 valence electrons. The molecule has 0 radical (unpaired) electrons. The number of rotatable bonds is 7. The molecule has 0 aliphatic rings. The third-order valence-corrected chi connectivity index (χ3v) is 4.21. The molecule has 0 bridgehead atoms. The van der Waals surface area contributed by atoms with Crippen LogP contribution in [0.1, 0.15) is 37.4 Å². The number of alkyl halides is 1. The second-order valence-corrected chi connectivity index (χ2v) is 5.42. The highest BCUT2D eigenvalue weighted by atomic mass is 35.5. The molecule has 4 heteroatoms. The zero-order chi connectivity index (χ0) is 12.0. The quantitative estimate of drug-likeness (QED) is 0.697. The van der Waals surface area contributed by atoms with E-state index in [-0.39, 0.29) is 0 Å². The van der Waals surface area contributed by atoms with Gasteiger partial charge in [-0.15, -0.1) is 22.9 Å². The number of hydrogen-bond donors (Lipinski definition) is 0. The minimum atomic E-state index is 0.531. The topological polar surface area (TPSA) is 16.1 Å². The zero-order valence-corrected chi connectivity index (χ0v) is 11.9. The Labute approximate surface area is 108 Å². The van der Waals surface area contributed by atoms with Crippen LogP contribution in [-0.2, 0) is 12.3 Å². The molecule has 1 rings (SSSR count). The molecule has 1 unspecified atom stereocenters. The van der Waals surface area contributed by atoms with Gasteiger partial charge in [-0.2, -0.15) is 0 Å². The van der Waals surface area contributed by atoms with Gasteiger partial charge in [0.25, 0.3) is 0 Å². The van der Waals surface area contributed by atoms with Crippen molar-refractivity contribution in [2.24, 2.45) is 0 Å². The molecule has 1 aromatic rings. The standard InChI is InChI=1S/C12H21ClN2S/c1-4-10(2)15(3)7-5-6-12-14-11(8-13)9-16-12/h9-10H,4-8H2,1-3H3. The van der Waals surface area contributed by atoms with Gasteiger partial charge < -0.3 is 4.90 Å². The van der Waals surface area contributed by atoms with Gasteiger partial charge in [0.1, 0.15) is 0 Å². The average Bonchev–Trinajstić information content (AvgIpc) is 2.75. The maximum Gasteiger partial charge on any atom is 0.0929 e. The summed E-state index contributed by atoms with van der Waals surface area (Å²) in [6.45, 7) is 5.65. The van der Waals surface area contributed by atoms with Crippen molar-refractivity contribution in [2.75, 3.05) is 13.6 Å². The predicted molar refractivity (Wildman–Crippen MR) is 72.4 cm³/mol. The summed E-state index contributed by atoms with van der Waals surface area (Å²) in [4.78, 5) is 6.87. The van der Waals surface area contributed by atoms with Gasteiger partial charge in [-0.25, -0.2) is 4.98 Å². The lowest BCUT2D eigenvalue weighted by atomic mass is 10.2. The summed E-state index contributed by atoms with van der Waals surface area (Å²) in [5, 5.41) is 3.27. The Balaban J connectivity index is 2.24. The first-order valence-corrected chi connectivity index (χ1v) is 7.28. The van der Waals surface area contributed by atoms with E-state index in [1.54, 1.807) is 11.3 Å². The maximum absolute atomic E-state index is 5.72. The molecular weight excluding hydrogens is 240 g/mol. The van der Waals surface area contributed by atoms with Gasteiger partial charge >= 0.3 is 0 Å². The molecule has 0 saturated carbocycles. The van der Waals surface area contributed by atoms with E-state index >= 15 is 0 Å². The van der Waals surface area contributed by atoms with E-state index in [4.69, 9.17) is 11.6 Å². The van der Waals surface area contributed by atoms with Gasteiger partial charge in [0.05, 0.1) is 16.6 Å². The Morgan fingerprint density at radius 3 is 2.88 bits per heavy atom. The van der Waals surface area contributed by atoms with Crippen molar-refractivity contribution in [3.63, 3.8) is 0 Å². The minimum absolute atomic E-state index is 0.531. The lowest BCUT2D eigenvalue weighted by Crippen LogP contribution is -2.29. The molecule has 1 atom stereocenters. The molecule has 0 N–H and O–H groups in total. The summed E-state index contributed by atoms with van der Waals surface area (Å²) in [7, 11) is 2.19. The molecule has 0 amide bonds. The van der Waals surface area contributed by atoms with Gasteiger partial charge in [0.2, 0.25) is 0 Å². The van der Waals surface area contributed by atoms with Gasteiger partial charge in [-0.3, -0.25) is 0 Å². The summed E-state index contributed by atoms with van der Waals surface area (Å²) in [6, 6.07) is 0.676. The van der Waals surface area contributed by atoms with Crippen molar-refractivity contribution in [1.82, 2.24) is 9.88 Å². The van der Waals surface area contributed by atoms with Crippen LogP contribution in [0.15, 0.2) is 5.38 Å². The highest BCUT2D eigenvalue weighted by molar-refractivity contribution is 7.09. The molecule has 1 heterocycles. The fourth-order valence-corrected chi connectivity index (χ4v) is 2.61. The van der Waals surface area contributed by atoms with E-state index in [0.717, 1.165) is 18.7 Å². The lowest BCUT2D eigenvalue weighted by Gasteiger charge is -2.22. The monoisotopic (exact) mass is 260 g/mol. The Morgan fingerprint density at radius 1 is 1.56 bits per heavy atom. The van der Waals surface area contributed by atoms with Crippen molar-refractivity contribution in [3.8, 4) is 0 Å². The molecule has 1 aromatic heterocycles. The minimum Gasteiger partial charge on any atom is -0.304 e. The van der Waals surface area contributed by atoms with Crippen LogP contribution in [0.4, 0.5) is 0 Å². The maximum atomic E-state index is 5.72. The smallest absolute Gasteiger partial charge is 0.0929 e. The molecule has 16 heavy (non-hydrogen) atoms. The highest BCUT2D eigenvalue weighted by Gasteiger charge is 2.07. The van der Waals surface area contributed by atoms with Crippen LogP contribution in [-0.4, -0.2) is 29.5 Å². The van der Waals surface area contributed by atoms with Crippen molar-refractivity contribution < 1.29 is 0 Å². The number of halogens is 1. The molecular formula is C12H21ClN2S. The fraction of sp³-hybridized carbons (Fsp3) is 0.750. The molecule has 0 spiro atoms. The second-order valence-electron chi connectivity index (χ2n) is 4.21. The van der Waals surface area contributed by atoms with E-state index in [9.17, 15) is 0 Å². The Morgan fingerprint density at radius 2 is 2.31 bits per heavy atom. The first kappa shape index (κ1) is 13.9. The second kappa shape index (κ2) is 7.25. The Bertz CT molecular complexity index is 301. The molecule has 2 nitrogen and oxygen atoms in total. The van der Waals surface area contributed by atoms with Gasteiger partial charge in [0.15, 0.2) is 0 Å². The lowest BCUT2D eigenvalue weighted by molar-refractivity contribution is 0.249. The van der Waals surface area contributed by atoms with Crippen LogP contribution < -0.4 is 0 Å². The van der Waals surface area contributed by atoms with Crippen LogP contribution in [0.2, 0.25) is 0 Å². The third kappa shape index (κ3) is 4.40. The number of aryl methyl sites for hydroxylation is 1. The Hall–Kier alpha value is -0.120. The van der Waals surface area contributed by atoms with E-state index in [0.29, 0.717) is 11.9 Å². The van der Waals surface area contributed by atoms with E-state index in [1.807, 2.05) is 0 Å². The van der Waals surface area contributed by atoms with Crippen molar-refractivity contribution >= 4 is 22.9 Å².